The Hall–Kier alpha value is -0.150. The number of hydrogen-bond acceptors (Lipinski definition) is 3. The second kappa shape index (κ2) is 4.02. The SMILES string of the molecule is C/C(=C/N)SCN. The molecule has 0 saturated carbocycles. The van der Waals surface area contributed by atoms with E-state index in [0.717, 1.165) is 4.91 Å². The van der Waals surface area contributed by atoms with Crippen LogP contribution in [-0.4, -0.2) is 5.88 Å². The highest BCUT2D eigenvalue weighted by Crippen LogP contribution is 2.08. The number of nitrogens with two attached hydrogens (primary N) is 2. The monoisotopic (exact) mass is 118 g/mol. The first kappa shape index (κ1) is 6.85. The molecular formula is C4H10N2S. The standard InChI is InChI=1S/C4H10N2S/c1-4(2-5)7-3-6/h2H,3,5-6H2,1H3/b4-2-. The lowest BCUT2D eigenvalue weighted by Crippen LogP contribution is -1.92. The summed E-state index contributed by atoms with van der Waals surface area (Å²) in [5.74, 6) is 0.611. The van der Waals surface area contributed by atoms with Gasteiger partial charge in [0.1, 0.15) is 0 Å². The Morgan fingerprint density at radius 1 is 1.86 bits per heavy atom. The van der Waals surface area contributed by atoms with Gasteiger partial charge in [0.2, 0.25) is 0 Å². The molecule has 42 valence electrons. The minimum Gasteiger partial charge on any atom is -0.404 e. The Morgan fingerprint density at radius 2 is 2.43 bits per heavy atom. The highest BCUT2D eigenvalue weighted by molar-refractivity contribution is 8.02. The van der Waals surface area contributed by atoms with E-state index in [1.807, 2.05) is 6.92 Å². The minimum absolute atomic E-state index is 0.611. The van der Waals surface area contributed by atoms with Crippen LogP contribution < -0.4 is 11.5 Å². The molecule has 0 fully saturated rings. The third-order valence-electron chi connectivity index (χ3n) is 0.546. The molecule has 7 heavy (non-hydrogen) atoms. The molecule has 0 spiro atoms. The summed E-state index contributed by atoms with van der Waals surface area (Å²) < 4.78 is 0. The summed E-state index contributed by atoms with van der Waals surface area (Å²) in [7, 11) is 0. The van der Waals surface area contributed by atoms with E-state index in [9.17, 15) is 0 Å². The van der Waals surface area contributed by atoms with E-state index in [2.05, 4.69) is 0 Å². The van der Waals surface area contributed by atoms with Gasteiger partial charge in [-0.05, 0) is 11.8 Å². The van der Waals surface area contributed by atoms with Crippen molar-refractivity contribution in [3.63, 3.8) is 0 Å². The first-order chi connectivity index (χ1) is 3.31. The fourth-order valence-electron chi connectivity index (χ4n) is 0.180. The summed E-state index contributed by atoms with van der Waals surface area (Å²) in [5.41, 5.74) is 10.3. The number of hydrogen-bond donors (Lipinski definition) is 2. The van der Waals surface area contributed by atoms with E-state index >= 15 is 0 Å². The normalized spacial score (nSPS) is 12.0. The maximum absolute atomic E-state index is 5.17. The Bertz CT molecular complexity index is 70.1. The van der Waals surface area contributed by atoms with Crippen LogP contribution in [0, 0.1) is 0 Å². The molecule has 0 aliphatic rings. The topological polar surface area (TPSA) is 52.0 Å². The van der Waals surface area contributed by atoms with Crippen molar-refractivity contribution in [3.8, 4) is 0 Å². The Labute approximate surface area is 47.9 Å². The summed E-state index contributed by atoms with van der Waals surface area (Å²) in [6.45, 7) is 1.93. The van der Waals surface area contributed by atoms with Gasteiger partial charge < -0.3 is 11.5 Å². The van der Waals surface area contributed by atoms with Crippen LogP contribution >= 0.6 is 11.8 Å². The van der Waals surface area contributed by atoms with Gasteiger partial charge >= 0.3 is 0 Å². The lowest BCUT2D eigenvalue weighted by atomic mass is 10.7. The first-order valence-corrected chi connectivity index (χ1v) is 3.01. The van der Waals surface area contributed by atoms with E-state index in [1.165, 1.54) is 0 Å². The van der Waals surface area contributed by atoms with Crippen molar-refractivity contribution in [1.29, 1.82) is 0 Å². The van der Waals surface area contributed by atoms with E-state index in [4.69, 9.17) is 11.5 Å². The zero-order valence-corrected chi connectivity index (χ0v) is 5.16. The molecule has 0 unspecified atom stereocenters. The van der Waals surface area contributed by atoms with Crippen molar-refractivity contribution in [2.75, 3.05) is 5.88 Å². The molecule has 0 saturated heterocycles. The maximum Gasteiger partial charge on any atom is 0.0437 e. The molecular weight excluding hydrogens is 108 g/mol. The molecule has 0 heterocycles. The fourth-order valence-corrected chi connectivity index (χ4v) is 0.539. The smallest absolute Gasteiger partial charge is 0.0437 e. The molecule has 0 aromatic rings. The summed E-state index contributed by atoms with van der Waals surface area (Å²) in [4.78, 5) is 1.07. The molecule has 4 N–H and O–H groups in total. The second-order valence-corrected chi connectivity index (χ2v) is 2.35. The number of thioether (sulfide) groups is 1. The van der Waals surface area contributed by atoms with Crippen LogP contribution in [-0.2, 0) is 0 Å². The van der Waals surface area contributed by atoms with Gasteiger partial charge in [-0.1, -0.05) is 0 Å². The number of allylic oxidation sites excluding steroid dienone is 1. The zero-order valence-electron chi connectivity index (χ0n) is 4.35. The van der Waals surface area contributed by atoms with Gasteiger partial charge in [-0.2, -0.15) is 0 Å². The lowest BCUT2D eigenvalue weighted by molar-refractivity contribution is 1.39. The number of rotatable bonds is 2. The van der Waals surface area contributed by atoms with Gasteiger partial charge in [-0.3, -0.25) is 0 Å². The van der Waals surface area contributed by atoms with E-state index < -0.39 is 0 Å². The molecule has 0 bridgehead atoms. The minimum atomic E-state index is 0.611. The summed E-state index contributed by atoms with van der Waals surface area (Å²) in [6.07, 6.45) is 1.55. The van der Waals surface area contributed by atoms with Crippen LogP contribution in [0.5, 0.6) is 0 Å². The quantitative estimate of drug-likeness (QED) is 0.518. The zero-order chi connectivity index (χ0) is 5.70. The Kier molecular flexibility index (Phi) is 3.93. The largest absolute Gasteiger partial charge is 0.404 e. The van der Waals surface area contributed by atoms with Crippen LogP contribution in [0.4, 0.5) is 0 Å². The average molecular weight is 118 g/mol. The second-order valence-electron chi connectivity index (χ2n) is 1.09. The molecule has 0 atom stereocenters. The molecule has 0 amide bonds. The highest BCUT2D eigenvalue weighted by Gasteiger charge is 1.80. The summed E-state index contributed by atoms with van der Waals surface area (Å²) in [6, 6.07) is 0. The Balaban J connectivity index is 3.17. The van der Waals surface area contributed by atoms with Crippen molar-refractivity contribution >= 4 is 11.8 Å². The van der Waals surface area contributed by atoms with Crippen molar-refractivity contribution in [1.82, 2.24) is 0 Å². The molecule has 3 heteroatoms. The fraction of sp³-hybridized carbons (Fsp3) is 0.500. The molecule has 0 aliphatic carbocycles. The van der Waals surface area contributed by atoms with Gasteiger partial charge in [0.05, 0.1) is 0 Å². The van der Waals surface area contributed by atoms with Crippen LogP contribution in [0.3, 0.4) is 0 Å². The van der Waals surface area contributed by atoms with Gasteiger partial charge in [-0.15, -0.1) is 11.8 Å². The molecule has 0 aromatic carbocycles. The van der Waals surface area contributed by atoms with E-state index in [-0.39, 0.29) is 0 Å². The van der Waals surface area contributed by atoms with Crippen LogP contribution in [0.2, 0.25) is 0 Å². The van der Waals surface area contributed by atoms with Crippen LogP contribution in [0.1, 0.15) is 6.92 Å². The summed E-state index contributed by atoms with van der Waals surface area (Å²) in [5, 5.41) is 0. The molecule has 0 rings (SSSR count). The summed E-state index contributed by atoms with van der Waals surface area (Å²) >= 11 is 1.55. The van der Waals surface area contributed by atoms with E-state index in [0.29, 0.717) is 5.88 Å². The Morgan fingerprint density at radius 3 is 2.57 bits per heavy atom. The van der Waals surface area contributed by atoms with Gasteiger partial charge in [0.15, 0.2) is 0 Å². The van der Waals surface area contributed by atoms with Crippen molar-refractivity contribution < 1.29 is 0 Å². The van der Waals surface area contributed by atoms with E-state index in [1.54, 1.807) is 18.0 Å². The predicted molar refractivity (Wildman–Crippen MR) is 34.6 cm³/mol. The van der Waals surface area contributed by atoms with Crippen molar-refractivity contribution in [3.05, 3.63) is 11.1 Å². The van der Waals surface area contributed by atoms with Gasteiger partial charge in [0.25, 0.3) is 0 Å². The third kappa shape index (κ3) is 3.69. The van der Waals surface area contributed by atoms with Gasteiger partial charge in [0, 0.05) is 12.1 Å². The highest BCUT2D eigenvalue weighted by atomic mass is 32.2. The molecule has 2 nitrogen and oxygen atoms in total. The lowest BCUT2D eigenvalue weighted by Gasteiger charge is -1.90. The molecule has 0 aliphatic heterocycles. The predicted octanol–water partition coefficient (Wildman–Crippen LogP) is 0.456. The van der Waals surface area contributed by atoms with Crippen molar-refractivity contribution in [2.45, 2.75) is 6.92 Å². The maximum atomic E-state index is 5.17. The van der Waals surface area contributed by atoms with Crippen molar-refractivity contribution in [2.24, 2.45) is 11.5 Å². The third-order valence-corrected chi connectivity index (χ3v) is 1.30. The first-order valence-electron chi connectivity index (χ1n) is 2.02. The van der Waals surface area contributed by atoms with Crippen LogP contribution in [0.25, 0.3) is 0 Å². The molecule has 0 aromatic heterocycles. The van der Waals surface area contributed by atoms with Gasteiger partial charge in [-0.25, -0.2) is 0 Å². The average Bonchev–Trinajstić information content (AvgIpc) is 1.68. The molecule has 0 radical (unpaired) electrons. The van der Waals surface area contributed by atoms with Crippen LogP contribution in [0.15, 0.2) is 11.1 Å².